The first kappa shape index (κ1) is 21.7. The molecule has 0 aliphatic heterocycles. The second kappa shape index (κ2) is 8.52. The quantitative estimate of drug-likeness (QED) is 0.277. The number of ether oxygens (including phenoxy) is 1. The third-order valence-corrected chi connectivity index (χ3v) is 12.4. The lowest BCUT2D eigenvalue weighted by Crippen LogP contribution is -2.55. The molecule has 130 valence electrons. The van der Waals surface area contributed by atoms with Crippen LogP contribution in [0.5, 0.6) is 0 Å². The van der Waals surface area contributed by atoms with Crippen molar-refractivity contribution in [1.29, 1.82) is 0 Å². The van der Waals surface area contributed by atoms with Gasteiger partial charge in [-0.25, -0.2) is 4.79 Å². The number of esters is 1. The summed E-state index contributed by atoms with van der Waals surface area (Å²) in [6, 6.07) is 0.618. The van der Waals surface area contributed by atoms with Gasteiger partial charge in [-0.2, -0.15) is 0 Å². The topological polar surface area (TPSA) is 74.2 Å². The Labute approximate surface area is 137 Å². The average Bonchev–Trinajstić information content (AvgIpc) is 2.31. The fourth-order valence-corrected chi connectivity index (χ4v) is 12.8. The Morgan fingerprint density at radius 3 is 2.09 bits per heavy atom. The highest BCUT2D eigenvalue weighted by atomic mass is 28.5. The molecule has 1 atom stereocenters. The van der Waals surface area contributed by atoms with Gasteiger partial charge in [-0.15, -0.1) is 0 Å². The summed E-state index contributed by atoms with van der Waals surface area (Å²) in [6.07, 6.45) is 0.612. The lowest BCUT2D eigenvalue weighted by atomic mass is 10.4. The standard InChI is InChI=1S/C13H30O6Si3/c1-12(2)13(14)17-10-9-11-22(8,18-20(4,5)15)19-21(6,7)16-3/h15H,1,9-11H2,2-8H3. The molecule has 0 spiro atoms. The monoisotopic (exact) mass is 366 g/mol. The Kier molecular flexibility index (Phi) is 8.41. The SMILES string of the molecule is C=C(C)C(=O)OCCC[Si](C)(O[Si](C)(C)O)O[Si](C)(C)OC. The summed E-state index contributed by atoms with van der Waals surface area (Å²) in [5, 5.41) is 0. The first-order valence-electron chi connectivity index (χ1n) is 7.31. The van der Waals surface area contributed by atoms with Crippen LogP contribution in [0.1, 0.15) is 13.3 Å². The largest absolute Gasteiger partial charge is 0.462 e. The molecule has 0 rings (SSSR count). The van der Waals surface area contributed by atoms with Crippen molar-refractivity contribution in [3.8, 4) is 0 Å². The molecule has 0 heterocycles. The highest BCUT2D eigenvalue weighted by Gasteiger charge is 2.43. The van der Waals surface area contributed by atoms with Gasteiger partial charge in [0.25, 0.3) is 0 Å². The lowest BCUT2D eigenvalue weighted by molar-refractivity contribution is -0.138. The van der Waals surface area contributed by atoms with Crippen molar-refractivity contribution in [2.75, 3.05) is 13.7 Å². The minimum absolute atomic E-state index is 0.281. The van der Waals surface area contributed by atoms with Crippen molar-refractivity contribution in [1.82, 2.24) is 0 Å². The highest BCUT2D eigenvalue weighted by Crippen LogP contribution is 2.25. The summed E-state index contributed by atoms with van der Waals surface area (Å²) >= 11 is 0. The van der Waals surface area contributed by atoms with Crippen molar-refractivity contribution >= 4 is 31.7 Å². The van der Waals surface area contributed by atoms with Crippen LogP contribution in [0.3, 0.4) is 0 Å². The smallest absolute Gasteiger partial charge is 0.333 e. The van der Waals surface area contributed by atoms with E-state index in [1.807, 2.05) is 19.6 Å². The fraction of sp³-hybridized carbons (Fsp3) is 0.769. The van der Waals surface area contributed by atoms with Gasteiger partial charge in [0, 0.05) is 12.7 Å². The molecular weight excluding hydrogens is 336 g/mol. The van der Waals surface area contributed by atoms with E-state index in [0.29, 0.717) is 18.0 Å². The molecule has 0 aliphatic rings. The van der Waals surface area contributed by atoms with E-state index in [2.05, 4.69) is 6.58 Å². The van der Waals surface area contributed by atoms with E-state index in [-0.39, 0.29) is 6.61 Å². The summed E-state index contributed by atoms with van der Waals surface area (Å²) in [4.78, 5) is 21.4. The van der Waals surface area contributed by atoms with E-state index in [4.69, 9.17) is 17.4 Å². The van der Waals surface area contributed by atoms with Gasteiger partial charge in [0.2, 0.25) is 0 Å². The van der Waals surface area contributed by atoms with Crippen molar-refractivity contribution < 1.29 is 27.0 Å². The van der Waals surface area contributed by atoms with Crippen molar-refractivity contribution in [3.05, 3.63) is 12.2 Å². The Morgan fingerprint density at radius 2 is 1.68 bits per heavy atom. The van der Waals surface area contributed by atoms with E-state index in [1.165, 1.54) is 0 Å². The van der Waals surface area contributed by atoms with Crippen LogP contribution in [0.4, 0.5) is 0 Å². The molecule has 0 saturated heterocycles. The second-order valence-electron chi connectivity index (χ2n) is 6.41. The van der Waals surface area contributed by atoms with Gasteiger partial charge in [0.1, 0.15) is 0 Å². The Bertz CT molecular complexity index is 394. The number of carbonyl (C=O) groups is 1. The zero-order valence-electron chi connectivity index (χ0n) is 14.8. The van der Waals surface area contributed by atoms with Gasteiger partial charge in [-0.05, 0) is 52.1 Å². The molecule has 0 bridgehead atoms. The van der Waals surface area contributed by atoms with Crippen LogP contribution in [0.15, 0.2) is 12.2 Å². The van der Waals surface area contributed by atoms with Gasteiger partial charge in [-0.3, -0.25) is 0 Å². The van der Waals surface area contributed by atoms with E-state index >= 15 is 0 Å². The zero-order valence-corrected chi connectivity index (χ0v) is 17.8. The molecule has 1 unspecified atom stereocenters. The van der Waals surface area contributed by atoms with E-state index in [9.17, 15) is 9.59 Å². The minimum Gasteiger partial charge on any atom is -0.462 e. The van der Waals surface area contributed by atoms with E-state index < -0.39 is 31.7 Å². The number of hydrogen-bond donors (Lipinski definition) is 1. The van der Waals surface area contributed by atoms with Gasteiger partial charge in [0.05, 0.1) is 6.61 Å². The molecule has 0 radical (unpaired) electrons. The summed E-state index contributed by atoms with van der Waals surface area (Å²) in [6.45, 7) is 14.7. The van der Waals surface area contributed by atoms with Gasteiger partial charge >= 0.3 is 31.7 Å². The normalized spacial score (nSPS) is 15.3. The third kappa shape index (κ3) is 9.66. The third-order valence-electron chi connectivity index (χ3n) is 2.78. The second-order valence-corrected chi connectivity index (χ2v) is 16.9. The minimum atomic E-state index is -2.72. The summed E-state index contributed by atoms with van der Waals surface area (Å²) < 4.78 is 22.6. The maximum atomic E-state index is 11.4. The molecule has 9 heteroatoms. The fourth-order valence-electron chi connectivity index (χ4n) is 1.89. The zero-order chi connectivity index (χ0) is 17.6. The highest BCUT2D eigenvalue weighted by molar-refractivity contribution is 6.84. The summed E-state index contributed by atoms with van der Waals surface area (Å²) in [5.74, 6) is -0.395. The number of carbonyl (C=O) groups excluding carboxylic acids is 1. The summed E-state index contributed by atoms with van der Waals surface area (Å²) in [7, 11) is -5.99. The Morgan fingerprint density at radius 1 is 1.14 bits per heavy atom. The molecule has 6 nitrogen and oxygen atoms in total. The predicted octanol–water partition coefficient (Wildman–Crippen LogP) is 2.64. The molecule has 0 aromatic carbocycles. The molecule has 22 heavy (non-hydrogen) atoms. The van der Waals surface area contributed by atoms with Crippen LogP contribution in [0, 0.1) is 0 Å². The van der Waals surface area contributed by atoms with Crippen molar-refractivity contribution in [3.63, 3.8) is 0 Å². The maximum absolute atomic E-state index is 11.4. The predicted molar refractivity (Wildman–Crippen MR) is 93.2 cm³/mol. The van der Waals surface area contributed by atoms with Crippen LogP contribution >= 0.6 is 0 Å². The maximum Gasteiger partial charge on any atom is 0.333 e. The number of hydrogen-bond acceptors (Lipinski definition) is 6. The molecule has 0 amide bonds. The van der Waals surface area contributed by atoms with Crippen LogP contribution in [-0.2, 0) is 22.2 Å². The van der Waals surface area contributed by atoms with Gasteiger partial charge < -0.3 is 22.2 Å². The van der Waals surface area contributed by atoms with Crippen LogP contribution in [0.25, 0.3) is 0 Å². The van der Waals surface area contributed by atoms with Crippen LogP contribution in [0.2, 0.25) is 38.8 Å². The first-order chi connectivity index (χ1) is 9.80. The van der Waals surface area contributed by atoms with Crippen LogP contribution < -0.4 is 0 Å². The van der Waals surface area contributed by atoms with Crippen molar-refractivity contribution in [2.24, 2.45) is 0 Å². The van der Waals surface area contributed by atoms with Crippen molar-refractivity contribution in [2.45, 2.75) is 52.1 Å². The molecule has 0 fully saturated rings. The molecule has 0 aromatic heterocycles. The van der Waals surface area contributed by atoms with Gasteiger partial charge in [-0.1, -0.05) is 6.58 Å². The lowest BCUT2D eigenvalue weighted by Gasteiger charge is -2.37. The Hall–Kier alpha value is -0.299. The first-order valence-corrected chi connectivity index (χ1v) is 15.5. The van der Waals surface area contributed by atoms with Crippen LogP contribution in [-0.4, -0.2) is 50.2 Å². The van der Waals surface area contributed by atoms with E-state index in [0.717, 1.165) is 0 Å². The molecular formula is C13H30O6Si3. The Balaban J connectivity index is 4.67. The number of rotatable bonds is 10. The molecule has 1 N–H and O–H groups in total. The van der Waals surface area contributed by atoms with Gasteiger partial charge in [0.15, 0.2) is 0 Å². The van der Waals surface area contributed by atoms with E-state index in [1.54, 1.807) is 27.1 Å². The molecule has 0 saturated carbocycles. The average molecular weight is 367 g/mol. The summed E-state index contributed by atoms with van der Waals surface area (Å²) in [5.41, 5.74) is 0.379. The molecule has 0 aliphatic carbocycles. The molecule has 0 aromatic rings.